The molecule has 0 heterocycles. The Hall–Kier alpha value is -3.35. The molecule has 2 rings (SSSR count). The number of nitrogens with one attached hydrogen (secondary N) is 1. The van der Waals surface area contributed by atoms with Crippen molar-refractivity contribution in [3.8, 4) is 0 Å². The summed E-state index contributed by atoms with van der Waals surface area (Å²) in [5, 5.41) is 2.50. The molecule has 0 aromatic heterocycles. The van der Waals surface area contributed by atoms with E-state index in [-0.39, 0.29) is 26.1 Å². The fraction of sp³-hybridized carbons (Fsp3) is 0.375. The summed E-state index contributed by atoms with van der Waals surface area (Å²) < 4.78 is 15.8. The Bertz CT molecular complexity index is 845. The maximum Gasteiger partial charge on any atom is 0.408 e. The summed E-state index contributed by atoms with van der Waals surface area (Å²) in [5.74, 6) is -1.11. The largest absolute Gasteiger partial charge is 0.460 e. The van der Waals surface area contributed by atoms with Crippen molar-refractivity contribution < 1.29 is 28.6 Å². The lowest BCUT2D eigenvalue weighted by Crippen LogP contribution is -2.42. The molecule has 0 radical (unpaired) electrons. The Morgan fingerprint density at radius 1 is 0.839 bits per heavy atom. The highest BCUT2D eigenvalue weighted by Crippen LogP contribution is 2.12. The first-order chi connectivity index (χ1) is 14.7. The maximum atomic E-state index is 12.6. The highest BCUT2D eigenvalue weighted by molar-refractivity contribution is 5.82. The molecule has 2 aromatic carbocycles. The van der Waals surface area contributed by atoms with Gasteiger partial charge in [0, 0.05) is 6.42 Å². The van der Waals surface area contributed by atoms with Crippen molar-refractivity contribution in [1.29, 1.82) is 0 Å². The van der Waals surface area contributed by atoms with E-state index in [4.69, 9.17) is 14.2 Å². The first-order valence-electron chi connectivity index (χ1n) is 10.1. The molecular weight excluding hydrogens is 398 g/mol. The van der Waals surface area contributed by atoms with Crippen LogP contribution in [-0.2, 0) is 37.0 Å². The second-order valence-corrected chi connectivity index (χ2v) is 7.98. The number of amides is 1. The summed E-state index contributed by atoms with van der Waals surface area (Å²) in [6.45, 7) is 5.40. The van der Waals surface area contributed by atoms with Gasteiger partial charge >= 0.3 is 18.0 Å². The van der Waals surface area contributed by atoms with Crippen molar-refractivity contribution in [3.05, 3.63) is 71.8 Å². The quantitative estimate of drug-likeness (QED) is 0.478. The normalized spacial score (nSPS) is 11.8. The van der Waals surface area contributed by atoms with Gasteiger partial charge in [0.25, 0.3) is 0 Å². The zero-order valence-electron chi connectivity index (χ0n) is 18.1. The van der Waals surface area contributed by atoms with Gasteiger partial charge in [-0.2, -0.15) is 0 Å². The third-order valence-electron chi connectivity index (χ3n) is 4.07. The maximum absolute atomic E-state index is 12.6. The van der Waals surface area contributed by atoms with E-state index in [9.17, 15) is 14.4 Å². The van der Waals surface area contributed by atoms with E-state index in [0.717, 1.165) is 11.1 Å². The molecule has 7 nitrogen and oxygen atoms in total. The molecule has 0 unspecified atom stereocenters. The predicted molar refractivity (Wildman–Crippen MR) is 115 cm³/mol. The van der Waals surface area contributed by atoms with Crippen LogP contribution in [0.25, 0.3) is 0 Å². The molecule has 1 N–H and O–H groups in total. The lowest BCUT2D eigenvalue weighted by molar-refractivity contribution is -0.155. The molecular formula is C24H29NO6. The first kappa shape index (κ1) is 23.9. The number of benzene rings is 2. The number of carbonyl (C=O) groups excluding carboxylic acids is 3. The lowest BCUT2D eigenvalue weighted by atomic mass is 10.1. The zero-order chi connectivity index (χ0) is 22.7. The number of alkyl carbamates (subject to hydrolysis) is 1. The Labute approximate surface area is 182 Å². The number of hydrogen-bond donors (Lipinski definition) is 1. The van der Waals surface area contributed by atoms with E-state index in [1.165, 1.54) is 0 Å². The Kier molecular flexibility index (Phi) is 9.06. The van der Waals surface area contributed by atoms with Gasteiger partial charge < -0.3 is 19.5 Å². The Morgan fingerprint density at radius 3 is 1.87 bits per heavy atom. The summed E-state index contributed by atoms with van der Waals surface area (Å²) in [6.07, 6.45) is -0.792. The van der Waals surface area contributed by atoms with Gasteiger partial charge in [-0.25, -0.2) is 9.59 Å². The van der Waals surface area contributed by atoms with E-state index >= 15 is 0 Å². The molecule has 1 atom stereocenters. The Morgan fingerprint density at radius 2 is 1.35 bits per heavy atom. The van der Waals surface area contributed by atoms with Crippen molar-refractivity contribution >= 4 is 18.0 Å². The van der Waals surface area contributed by atoms with Crippen LogP contribution in [0, 0.1) is 0 Å². The third-order valence-corrected chi connectivity index (χ3v) is 4.07. The van der Waals surface area contributed by atoms with Gasteiger partial charge in [0.1, 0.15) is 24.9 Å². The summed E-state index contributed by atoms with van der Waals surface area (Å²) in [4.78, 5) is 36.8. The average molecular weight is 427 g/mol. The minimum Gasteiger partial charge on any atom is -0.460 e. The lowest BCUT2D eigenvalue weighted by Gasteiger charge is -2.21. The highest BCUT2D eigenvalue weighted by Gasteiger charge is 2.25. The Balaban J connectivity index is 1.93. The molecule has 1 amide bonds. The molecule has 0 bridgehead atoms. The van der Waals surface area contributed by atoms with Gasteiger partial charge in [0.2, 0.25) is 0 Å². The second-order valence-electron chi connectivity index (χ2n) is 7.98. The van der Waals surface area contributed by atoms with Crippen LogP contribution in [0.2, 0.25) is 0 Å². The van der Waals surface area contributed by atoms with Crippen LogP contribution in [0.5, 0.6) is 0 Å². The van der Waals surface area contributed by atoms with E-state index < -0.39 is 29.7 Å². The molecule has 2 aromatic rings. The van der Waals surface area contributed by atoms with Gasteiger partial charge in [-0.3, -0.25) is 4.79 Å². The van der Waals surface area contributed by atoms with Crippen molar-refractivity contribution in [2.24, 2.45) is 0 Å². The smallest absolute Gasteiger partial charge is 0.408 e. The summed E-state index contributed by atoms with van der Waals surface area (Å²) in [5.41, 5.74) is 0.991. The summed E-state index contributed by atoms with van der Waals surface area (Å²) in [7, 11) is 0. The molecule has 0 spiro atoms. The van der Waals surface area contributed by atoms with Crippen LogP contribution in [0.1, 0.15) is 44.7 Å². The van der Waals surface area contributed by atoms with E-state index in [1.54, 1.807) is 20.8 Å². The first-order valence-corrected chi connectivity index (χ1v) is 10.1. The third kappa shape index (κ3) is 9.80. The van der Waals surface area contributed by atoms with E-state index in [1.807, 2.05) is 60.7 Å². The van der Waals surface area contributed by atoms with E-state index in [2.05, 4.69) is 5.32 Å². The highest BCUT2D eigenvalue weighted by atomic mass is 16.6. The molecule has 31 heavy (non-hydrogen) atoms. The number of ether oxygens (including phenoxy) is 3. The average Bonchev–Trinajstić information content (AvgIpc) is 2.73. The van der Waals surface area contributed by atoms with Crippen LogP contribution in [0.3, 0.4) is 0 Å². The predicted octanol–water partition coefficient (Wildman–Crippen LogP) is 4.15. The fourth-order valence-corrected chi connectivity index (χ4v) is 2.64. The van der Waals surface area contributed by atoms with Crippen molar-refractivity contribution in [1.82, 2.24) is 5.32 Å². The van der Waals surface area contributed by atoms with Crippen LogP contribution >= 0.6 is 0 Å². The number of hydrogen-bond acceptors (Lipinski definition) is 6. The summed E-state index contributed by atoms with van der Waals surface area (Å²) >= 11 is 0. The minimum absolute atomic E-state index is 0.0307. The summed E-state index contributed by atoms with van der Waals surface area (Å²) in [6, 6.07) is 17.3. The van der Waals surface area contributed by atoms with E-state index in [0.29, 0.717) is 0 Å². The molecule has 0 aliphatic carbocycles. The van der Waals surface area contributed by atoms with Gasteiger partial charge in [-0.05, 0) is 38.3 Å². The number of carbonyl (C=O) groups is 3. The molecule has 0 saturated carbocycles. The van der Waals surface area contributed by atoms with Gasteiger partial charge in [-0.15, -0.1) is 0 Å². The van der Waals surface area contributed by atoms with Crippen LogP contribution < -0.4 is 5.32 Å². The minimum atomic E-state index is -1.04. The molecule has 0 fully saturated rings. The van der Waals surface area contributed by atoms with Crippen LogP contribution in [-0.4, -0.2) is 29.7 Å². The second kappa shape index (κ2) is 11.7. The van der Waals surface area contributed by atoms with Gasteiger partial charge in [0.15, 0.2) is 0 Å². The van der Waals surface area contributed by atoms with Crippen molar-refractivity contribution in [2.75, 3.05) is 0 Å². The van der Waals surface area contributed by atoms with Crippen LogP contribution in [0.4, 0.5) is 4.79 Å². The number of rotatable bonds is 9. The van der Waals surface area contributed by atoms with Crippen LogP contribution in [0.15, 0.2) is 60.7 Å². The molecule has 0 aliphatic rings. The molecule has 0 saturated heterocycles. The van der Waals surface area contributed by atoms with Crippen molar-refractivity contribution in [3.63, 3.8) is 0 Å². The van der Waals surface area contributed by atoms with Gasteiger partial charge in [-0.1, -0.05) is 60.7 Å². The molecule has 0 aliphatic heterocycles. The SMILES string of the molecule is CC(C)(C)OC(=O)CC[C@@H](NC(=O)OCc1ccccc1)C(=O)OCc1ccccc1. The standard InChI is InChI=1S/C24H29NO6/c1-24(2,3)31-21(26)15-14-20(22(27)29-16-18-10-6-4-7-11-18)25-23(28)30-17-19-12-8-5-9-13-19/h4-13,20H,14-17H2,1-3H3,(H,25,28)/t20-/m1/s1. The fourth-order valence-electron chi connectivity index (χ4n) is 2.64. The molecule has 7 heteroatoms. The zero-order valence-corrected chi connectivity index (χ0v) is 18.1. The van der Waals surface area contributed by atoms with Gasteiger partial charge in [0.05, 0.1) is 0 Å². The monoisotopic (exact) mass is 427 g/mol. The molecule has 166 valence electrons. The topological polar surface area (TPSA) is 90.9 Å². The number of esters is 2. The van der Waals surface area contributed by atoms with Crippen molar-refractivity contribution in [2.45, 2.75) is 58.5 Å².